The molecule has 7 nitrogen and oxygen atoms in total. The number of urea groups is 1. The van der Waals surface area contributed by atoms with Crippen LogP contribution in [-0.4, -0.2) is 35.2 Å². The Hall–Kier alpha value is -2.23. The van der Waals surface area contributed by atoms with Crippen molar-refractivity contribution in [3.8, 4) is 11.5 Å². The number of amides is 2. The summed E-state index contributed by atoms with van der Waals surface area (Å²) >= 11 is 5.57. The molecule has 0 aliphatic rings. The van der Waals surface area contributed by atoms with Crippen LogP contribution < -0.4 is 19.2 Å². The molecule has 0 heterocycles. The SMILES string of the molecule is CC(C)(C)[Si](C)(C)Oc1ccc(OS(=O)(=O)c2ccc(NC(=O)NCCCCl)cc2)cc1. The molecule has 0 spiro atoms. The zero-order valence-corrected chi connectivity index (χ0v) is 21.6. The van der Waals surface area contributed by atoms with Gasteiger partial charge in [-0.05, 0) is 73.1 Å². The van der Waals surface area contributed by atoms with Crippen molar-refractivity contribution in [3.63, 3.8) is 0 Å². The summed E-state index contributed by atoms with van der Waals surface area (Å²) < 4.78 is 36.6. The third-order valence-corrected chi connectivity index (χ3v) is 11.1. The van der Waals surface area contributed by atoms with E-state index in [1.807, 2.05) is 0 Å². The molecule has 0 bridgehead atoms. The van der Waals surface area contributed by atoms with Gasteiger partial charge in [0.05, 0.1) is 0 Å². The standard InChI is InChI=1S/C22H31ClN2O5SSi/c1-22(2,3)32(4,5)30-19-11-9-18(10-12-19)29-31(27,28)20-13-7-17(8-14-20)25-21(26)24-16-6-15-23/h7-14H,6,15-16H2,1-5H3,(H2,24,25,26). The maximum absolute atomic E-state index is 12.6. The number of hydrogen-bond donors (Lipinski definition) is 2. The summed E-state index contributed by atoms with van der Waals surface area (Å²) in [6, 6.07) is 11.9. The van der Waals surface area contributed by atoms with E-state index in [1.54, 1.807) is 24.3 Å². The van der Waals surface area contributed by atoms with Crippen molar-refractivity contribution in [2.45, 2.75) is 50.2 Å². The van der Waals surface area contributed by atoms with Crippen molar-refractivity contribution < 1.29 is 21.8 Å². The molecule has 2 amide bonds. The van der Waals surface area contributed by atoms with Crippen LogP contribution in [-0.2, 0) is 10.1 Å². The molecule has 10 heteroatoms. The Balaban J connectivity index is 2.01. The predicted octanol–water partition coefficient (Wildman–Crippen LogP) is 5.59. The van der Waals surface area contributed by atoms with Gasteiger partial charge in [0.1, 0.15) is 16.4 Å². The molecule has 0 radical (unpaired) electrons. The fourth-order valence-corrected chi connectivity index (χ4v) is 4.43. The lowest BCUT2D eigenvalue weighted by Crippen LogP contribution is -2.43. The number of carbonyl (C=O) groups excluding carboxylic acids is 1. The molecule has 2 aromatic rings. The molecule has 2 N–H and O–H groups in total. The minimum atomic E-state index is -4.02. The highest BCUT2D eigenvalue weighted by Crippen LogP contribution is 2.37. The fraction of sp³-hybridized carbons (Fsp3) is 0.409. The van der Waals surface area contributed by atoms with Crippen molar-refractivity contribution in [1.82, 2.24) is 5.32 Å². The van der Waals surface area contributed by atoms with Crippen LogP contribution in [0.2, 0.25) is 18.1 Å². The Kier molecular flexibility index (Phi) is 8.61. The van der Waals surface area contributed by atoms with Crippen molar-refractivity contribution in [2.75, 3.05) is 17.7 Å². The first-order valence-electron chi connectivity index (χ1n) is 10.3. The molecule has 32 heavy (non-hydrogen) atoms. The van der Waals surface area contributed by atoms with Gasteiger partial charge in [-0.15, -0.1) is 11.6 Å². The van der Waals surface area contributed by atoms with Crippen LogP contribution in [0.4, 0.5) is 10.5 Å². The fourth-order valence-electron chi connectivity index (χ4n) is 2.33. The number of alkyl halides is 1. The maximum atomic E-state index is 12.6. The zero-order chi connectivity index (χ0) is 24.0. The van der Waals surface area contributed by atoms with E-state index in [9.17, 15) is 13.2 Å². The van der Waals surface area contributed by atoms with Gasteiger partial charge in [-0.25, -0.2) is 4.79 Å². The number of halogens is 1. The first-order valence-corrected chi connectivity index (χ1v) is 15.1. The van der Waals surface area contributed by atoms with Crippen molar-refractivity contribution in [2.24, 2.45) is 0 Å². The molecule has 0 unspecified atom stereocenters. The Labute approximate surface area is 196 Å². The molecule has 0 aliphatic heterocycles. The van der Waals surface area contributed by atoms with Crippen LogP contribution in [0, 0.1) is 0 Å². The van der Waals surface area contributed by atoms with E-state index in [4.69, 9.17) is 20.2 Å². The van der Waals surface area contributed by atoms with Gasteiger partial charge in [-0.1, -0.05) is 20.8 Å². The number of nitrogens with one attached hydrogen (secondary N) is 2. The topological polar surface area (TPSA) is 93.7 Å². The van der Waals surface area contributed by atoms with Gasteiger partial charge in [0.15, 0.2) is 0 Å². The average Bonchev–Trinajstić information content (AvgIpc) is 2.69. The molecule has 0 aromatic heterocycles. The van der Waals surface area contributed by atoms with Gasteiger partial charge in [0.2, 0.25) is 8.32 Å². The van der Waals surface area contributed by atoms with E-state index < -0.39 is 18.4 Å². The van der Waals surface area contributed by atoms with Gasteiger partial charge in [-0.3, -0.25) is 0 Å². The van der Waals surface area contributed by atoms with Gasteiger partial charge in [-0.2, -0.15) is 8.42 Å². The van der Waals surface area contributed by atoms with Crippen LogP contribution in [0.25, 0.3) is 0 Å². The highest BCUT2D eigenvalue weighted by Gasteiger charge is 2.38. The quantitative estimate of drug-likeness (QED) is 0.203. The van der Waals surface area contributed by atoms with Crippen LogP contribution in [0.3, 0.4) is 0 Å². The van der Waals surface area contributed by atoms with E-state index in [1.165, 1.54) is 24.3 Å². The highest BCUT2D eigenvalue weighted by atomic mass is 35.5. The lowest BCUT2D eigenvalue weighted by atomic mass is 10.2. The maximum Gasteiger partial charge on any atom is 0.339 e. The average molecular weight is 499 g/mol. The van der Waals surface area contributed by atoms with E-state index >= 15 is 0 Å². The number of carbonyl (C=O) groups is 1. The third-order valence-electron chi connectivity index (χ3n) is 5.21. The molecule has 0 fully saturated rings. The Morgan fingerprint density at radius 3 is 2.09 bits per heavy atom. The number of anilines is 1. The second-order valence-electron chi connectivity index (χ2n) is 8.82. The molecule has 2 aromatic carbocycles. The Bertz CT molecular complexity index is 1000. The molecular weight excluding hydrogens is 468 g/mol. The summed E-state index contributed by atoms with van der Waals surface area (Å²) in [6.45, 7) is 11.2. The Morgan fingerprint density at radius 1 is 1.00 bits per heavy atom. The minimum absolute atomic E-state index is 0.0211. The van der Waals surface area contributed by atoms with E-state index in [2.05, 4.69) is 44.5 Å². The van der Waals surface area contributed by atoms with Crippen LogP contribution in [0.15, 0.2) is 53.4 Å². The smallest absolute Gasteiger partial charge is 0.339 e. The van der Waals surface area contributed by atoms with Gasteiger partial charge in [0.25, 0.3) is 0 Å². The first kappa shape index (κ1) is 26.0. The Morgan fingerprint density at radius 2 is 1.56 bits per heavy atom. The number of benzene rings is 2. The van der Waals surface area contributed by atoms with Crippen molar-refractivity contribution >= 4 is 41.8 Å². The highest BCUT2D eigenvalue weighted by molar-refractivity contribution is 7.87. The van der Waals surface area contributed by atoms with Crippen LogP contribution in [0.5, 0.6) is 11.5 Å². The number of rotatable bonds is 9. The third kappa shape index (κ3) is 7.42. The summed E-state index contributed by atoms with van der Waals surface area (Å²) in [5.74, 6) is 1.33. The molecule has 0 aliphatic carbocycles. The largest absolute Gasteiger partial charge is 0.543 e. The summed E-state index contributed by atoms with van der Waals surface area (Å²) in [5, 5.41) is 5.33. The summed E-state index contributed by atoms with van der Waals surface area (Å²) in [7, 11) is -6.01. The van der Waals surface area contributed by atoms with E-state index in [-0.39, 0.29) is 21.7 Å². The molecule has 2 rings (SSSR count). The lowest BCUT2D eigenvalue weighted by Gasteiger charge is -2.36. The van der Waals surface area contributed by atoms with Gasteiger partial charge < -0.3 is 19.2 Å². The molecule has 0 saturated heterocycles. The summed E-state index contributed by atoms with van der Waals surface area (Å²) in [6.07, 6.45) is 0.660. The van der Waals surface area contributed by atoms with Gasteiger partial charge in [0, 0.05) is 18.1 Å². The summed E-state index contributed by atoms with van der Waals surface area (Å²) in [4.78, 5) is 11.7. The van der Waals surface area contributed by atoms with E-state index in [0.29, 0.717) is 30.3 Å². The van der Waals surface area contributed by atoms with Crippen LogP contribution in [0.1, 0.15) is 27.2 Å². The summed E-state index contributed by atoms with van der Waals surface area (Å²) in [5.41, 5.74) is 0.458. The van der Waals surface area contributed by atoms with Crippen molar-refractivity contribution in [3.05, 3.63) is 48.5 Å². The predicted molar refractivity (Wildman–Crippen MR) is 131 cm³/mol. The lowest BCUT2D eigenvalue weighted by molar-refractivity contribution is 0.252. The number of hydrogen-bond acceptors (Lipinski definition) is 5. The van der Waals surface area contributed by atoms with Crippen LogP contribution >= 0.6 is 11.6 Å². The normalized spacial score (nSPS) is 12.2. The molecule has 0 saturated carbocycles. The second kappa shape index (κ2) is 10.6. The minimum Gasteiger partial charge on any atom is -0.543 e. The first-order chi connectivity index (χ1) is 14.8. The molecule has 176 valence electrons. The second-order valence-corrected chi connectivity index (χ2v) is 15.5. The van der Waals surface area contributed by atoms with Crippen molar-refractivity contribution in [1.29, 1.82) is 0 Å². The monoisotopic (exact) mass is 498 g/mol. The molecule has 0 atom stereocenters. The van der Waals surface area contributed by atoms with E-state index in [0.717, 1.165) is 0 Å². The van der Waals surface area contributed by atoms with Gasteiger partial charge >= 0.3 is 16.1 Å². The molecular formula is C22H31ClN2O5SSi. The zero-order valence-electron chi connectivity index (χ0n) is 19.1.